The van der Waals surface area contributed by atoms with Gasteiger partial charge in [-0.25, -0.2) is 9.97 Å². The number of rotatable bonds is 5. The van der Waals surface area contributed by atoms with Gasteiger partial charge in [0.1, 0.15) is 11.5 Å². The number of hydrogen-bond donors (Lipinski definition) is 2. The highest BCUT2D eigenvalue weighted by Crippen LogP contribution is 2.24. The second kappa shape index (κ2) is 5.49. The van der Waals surface area contributed by atoms with Crippen molar-refractivity contribution >= 4 is 15.7 Å². The van der Waals surface area contributed by atoms with Crippen molar-refractivity contribution in [1.82, 2.24) is 15.0 Å². The molecule has 2 aromatic rings. The van der Waals surface area contributed by atoms with Gasteiger partial charge in [0.2, 0.25) is 5.88 Å². The molecule has 20 heavy (non-hydrogen) atoms. The van der Waals surface area contributed by atoms with Gasteiger partial charge in [0.25, 0.3) is 10.0 Å². The first kappa shape index (κ1) is 14.3. The summed E-state index contributed by atoms with van der Waals surface area (Å²) < 4.78 is 32.3. The van der Waals surface area contributed by atoms with Crippen molar-refractivity contribution in [2.75, 3.05) is 4.72 Å². The second-order valence-electron chi connectivity index (χ2n) is 4.46. The van der Waals surface area contributed by atoms with E-state index in [-0.39, 0.29) is 22.7 Å². The molecule has 2 aromatic heterocycles. The van der Waals surface area contributed by atoms with Gasteiger partial charge in [-0.1, -0.05) is 0 Å². The number of pyridine rings is 1. The second-order valence-corrected chi connectivity index (χ2v) is 6.11. The topological polar surface area (TPSA) is 97.0 Å². The molecule has 108 valence electrons. The van der Waals surface area contributed by atoms with Crippen molar-refractivity contribution in [2.24, 2.45) is 0 Å². The number of hydrogen-bond acceptors (Lipinski definition) is 5. The van der Waals surface area contributed by atoms with Crippen molar-refractivity contribution in [2.45, 2.75) is 31.9 Å². The first-order valence-corrected chi connectivity index (χ1v) is 7.53. The standard InChI is InChI=1S/C12H16N4O3S/c1-8(2)19-12-10(5-4-6-13-12)16-20(17,18)11-7-14-9(3)15-11/h4-8,16H,1-3H3,(H,14,15). The summed E-state index contributed by atoms with van der Waals surface area (Å²) in [6.07, 6.45) is 2.69. The third kappa shape index (κ3) is 3.27. The van der Waals surface area contributed by atoms with Crippen LogP contribution in [0, 0.1) is 6.92 Å². The predicted molar refractivity (Wildman–Crippen MR) is 74.1 cm³/mol. The average Bonchev–Trinajstić information content (AvgIpc) is 2.78. The quantitative estimate of drug-likeness (QED) is 0.875. The fourth-order valence-corrected chi connectivity index (χ4v) is 2.55. The number of aromatic amines is 1. The number of imidazole rings is 1. The zero-order chi connectivity index (χ0) is 14.8. The maximum Gasteiger partial charge on any atom is 0.279 e. The number of aryl methyl sites for hydroxylation is 1. The van der Waals surface area contributed by atoms with Gasteiger partial charge in [-0.15, -0.1) is 0 Å². The molecule has 2 N–H and O–H groups in total. The highest BCUT2D eigenvalue weighted by atomic mass is 32.2. The van der Waals surface area contributed by atoms with Crippen molar-refractivity contribution in [1.29, 1.82) is 0 Å². The highest BCUT2D eigenvalue weighted by molar-refractivity contribution is 7.92. The Bertz CT molecular complexity index is 694. The largest absolute Gasteiger partial charge is 0.473 e. The Hall–Kier alpha value is -2.09. The Morgan fingerprint density at radius 1 is 1.35 bits per heavy atom. The third-order valence-corrected chi connectivity index (χ3v) is 3.61. The van der Waals surface area contributed by atoms with Crippen LogP contribution in [0.4, 0.5) is 5.69 Å². The van der Waals surface area contributed by atoms with Gasteiger partial charge >= 0.3 is 0 Å². The minimum Gasteiger partial charge on any atom is -0.473 e. The first-order valence-electron chi connectivity index (χ1n) is 6.04. The maximum absolute atomic E-state index is 12.2. The minimum atomic E-state index is -3.74. The van der Waals surface area contributed by atoms with E-state index < -0.39 is 10.0 Å². The van der Waals surface area contributed by atoms with Gasteiger partial charge in [0, 0.05) is 6.20 Å². The highest BCUT2D eigenvalue weighted by Gasteiger charge is 2.19. The molecule has 0 unspecified atom stereocenters. The SMILES string of the molecule is Cc1ncc(S(=O)(=O)Nc2cccnc2OC(C)C)[nH]1. The predicted octanol–water partition coefficient (Wildman–Crippen LogP) is 1.70. The van der Waals surface area contributed by atoms with E-state index in [1.54, 1.807) is 19.1 Å². The van der Waals surface area contributed by atoms with Crippen molar-refractivity contribution in [3.8, 4) is 5.88 Å². The summed E-state index contributed by atoms with van der Waals surface area (Å²) in [5, 5.41) is -0.00523. The number of nitrogens with zero attached hydrogens (tertiary/aromatic N) is 2. The molecular weight excluding hydrogens is 280 g/mol. The Morgan fingerprint density at radius 2 is 2.10 bits per heavy atom. The number of aromatic nitrogens is 3. The van der Waals surface area contributed by atoms with Crippen molar-refractivity contribution < 1.29 is 13.2 Å². The molecular formula is C12H16N4O3S. The van der Waals surface area contributed by atoms with E-state index in [2.05, 4.69) is 19.7 Å². The van der Waals surface area contributed by atoms with Gasteiger partial charge in [0.05, 0.1) is 12.3 Å². The van der Waals surface area contributed by atoms with Crippen LogP contribution in [0.5, 0.6) is 5.88 Å². The number of anilines is 1. The molecule has 0 fully saturated rings. The Kier molecular flexibility index (Phi) is 3.93. The van der Waals surface area contributed by atoms with Gasteiger partial charge in [-0.3, -0.25) is 4.72 Å². The molecule has 0 saturated heterocycles. The van der Waals surface area contributed by atoms with E-state index >= 15 is 0 Å². The van der Waals surface area contributed by atoms with Gasteiger partial charge in [-0.2, -0.15) is 8.42 Å². The van der Waals surface area contributed by atoms with Crippen LogP contribution in [0.25, 0.3) is 0 Å². The molecule has 0 radical (unpaired) electrons. The molecule has 0 saturated carbocycles. The monoisotopic (exact) mass is 296 g/mol. The van der Waals surface area contributed by atoms with Crippen LogP contribution in [0.2, 0.25) is 0 Å². The van der Waals surface area contributed by atoms with Crippen LogP contribution < -0.4 is 9.46 Å². The fourth-order valence-electron chi connectivity index (χ4n) is 1.52. The molecule has 0 amide bonds. The van der Waals surface area contributed by atoms with E-state index in [4.69, 9.17) is 4.74 Å². The van der Waals surface area contributed by atoms with Gasteiger partial charge in [-0.05, 0) is 32.9 Å². The molecule has 0 aliphatic rings. The normalized spacial score (nSPS) is 11.6. The molecule has 0 atom stereocenters. The summed E-state index contributed by atoms with van der Waals surface area (Å²) in [6, 6.07) is 3.22. The number of nitrogens with one attached hydrogen (secondary N) is 2. The Morgan fingerprint density at radius 3 is 2.70 bits per heavy atom. The minimum absolute atomic E-state index is 0.00523. The lowest BCUT2D eigenvalue weighted by molar-refractivity contribution is 0.234. The van der Waals surface area contributed by atoms with Crippen molar-refractivity contribution in [3.05, 3.63) is 30.4 Å². The lowest BCUT2D eigenvalue weighted by Gasteiger charge is -2.13. The molecule has 0 aliphatic heterocycles. The number of sulfonamides is 1. The molecule has 0 aromatic carbocycles. The lowest BCUT2D eigenvalue weighted by atomic mass is 10.4. The van der Waals surface area contributed by atoms with Crippen LogP contribution in [0.1, 0.15) is 19.7 Å². The van der Waals surface area contributed by atoms with E-state index in [1.165, 1.54) is 12.4 Å². The van der Waals surface area contributed by atoms with Crippen molar-refractivity contribution in [3.63, 3.8) is 0 Å². The fraction of sp³-hybridized carbons (Fsp3) is 0.333. The zero-order valence-electron chi connectivity index (χ0n) is 11.4. The summed E-state index contributed by atoms with van der Waals surface area (Å²) in [4.78, 5) is 10.6. The maximum atomic E-state index is 12.2. The molecule has 0 bridgehead atoms. The summed E-state index contributed by atoms with van der Waals surface area (Å²) in [7, 11) is -3.74. The van der Waals surface area contributed by atoms with Crippen LogP contribution in [0.15, 0.2) is 29.6 Å². The molecule has 0 aliphatic carbocycles. The molecule has 2 heterocycles. The zero-order valence-corrected chi connectivity index (χ0v) is 12.2. The van der Waals surface area contributed by atoms with Gasteiger partial charge < -0.3 is 9.72 Å². The molecule has 7 nitrogen and oxygen atoms in total. The lowest BCUT2D eigenvalue weighted by Crippen LogP contribution is -2.16. The summed E-state index contributed by atoms with van der Waals surface area (Å²) >= 11 is 0. The van der Waals surface area contributed by atoms with Crippen LogP contribution in [-0.4, -0.2) is 29.5 Å². The van der Waals surface area contributed by atoms with E-state index in [9.17, 15) is 8.42 Å². The average molecular weight is 296 g/mol. The number of ether oxygens (including phenoxy) is 1. The van der Waals surface area contributed by atoms with Crippen LogP contribution >= 0.6 is 0 Å². The van der Waals surface area contributed by atoms with Crippen LogP contribution in [-0.2, 0) is 10.0 Å². The first-order chi connectivity index (χ1) is 9.38. The molecule has 8 heteroatoms. The van der Waals surface area contributed by atoms with Crippen LogP contribution in [0.3, 0.4) is 0 Å². The van der Waals surface area contributed by atoms with Gasteiger partial charge in [0.15, 0.2) is 5.03 Å². The number of H-pyrrole nitrogens is 1. The molecule has 2 rings (SSSR count). The molecule has 0 spiro atoms. The summed E-state index contributed by atoms with van der Waals surface area (Å²) in [6.45, 7) is 5.35. The van der Waals surface area contributed by atoms with E-state index in [0.29, 0.717) is 5.82 Å². The third-order valence-electron chi connectivity index (χ3n) is 2.33. The van der Waals surface area contributed by atoms with E-state index in [1.807, 2.05) is 13.8 Å². The van der Waals surface area contributed by atoms with E-state index in [0.717, 1.165) is 0 Å². The summed E-state index contributed by atoms with van der Waals surface area (Å²) in [5.74, 6) is 0.762. The summed E-state index contributed by atoms with van der Waals surface area (Å²) in [5.41, 5.74) is 0.286. The Balaban J connectivity index is 2.30. The Labute approximate surface area is 117 Å². The smallest absolute Gasteiger partial charge is 0.279 e.